The van der Waals surface area contributed by atoms with E-state index in [0.717, 1.165) is 12.8 Å². The minimum Gasteiger partial charge on any atom is -0.497 e. The lowest BCUT2D eigenvalue weighted by Crippen LogP contribution is -2.26. The van der Waals surface area contributed by atoms with Crippen LogP contribution in [0.15, 0.2) is 42.6 Å². The Morgan fingerprint density at radius 3 is 2.64 bits per heavy atom. The molecule has 1 aliphatic carbocycles. The van der Waals surface area contributed by atoms with Crippen molar-refractivity contribution in [2.75, 3.05) is 19.5 Å². The number of hydrogen-bond acceptors (Lipinski definition) is 5. The number of carbonyl (C=O) groups excluding carboxylic acids is 2. The molecule has 1 saturated carbocycles. The topological polar surface area (TPSA) is 94.0 Å². The van der Waals surface area contributed by atoms with Gasteiger partial charge >= 0.3 is 0 Å². The average Bonchev–Trinajstić information content (AvgIpc) is 3.44. The number of rotatable bonds is 6. The standard InChI is InChI=1S/C20H20N4O4/c1-27-13-8-9-14(16(11-13)28-2)22-20(26)18-23-17(19(25)21-12-6-7-12)15-5-3-4-10-24(15)18/h3-5,8-12H,6-7H2,1-2H3,(H,21,25)(H,22,26). The van der Waals surface area contributed by atoms with Gasteiger partial charge in [-0.3, -0.25) is 14.0 Å². The van der Waals surface area contributed by atoms with Crippen LogP contribution in [0.5, 0.6) is 11.5 Å². The van der Waals surface area contributed by atoms with Gasteiger partial charge in [-0.15, -0.1) is 0 Å². The number of benzene rings is 1. The molecule has 2 heterocycles. The molecule has 1 aromatic carbocycles. The third-order valence-electron chi connectivity index (χ3n) is 4.54. The largest absolute Gasteiger partial charge is 0.497 e. The Morgan fingerprint density at radius 2 is 1.93 bits per heavy atom. The zero-order valence-corrected chi connectivity index (χ0v) is 15.6. The van der Waals surface area contributed by atoms with E-state index in [1.54, 1.807) is 54.1 Å². The number of aromatic nitrogens is 2. The van der Waals surface area contributed by atoms with Crippen molar-refractivity contribution < 1.29 is 19.1 Å². The summed E-state index contributed by atoms with van der Waals surface area (Å²) in [7, 11) is 3.06. The molecule has 8 heteroatoms. The van der Waals surface area contributed by atoms with Crippen LogP contribution in [0.3, 0.4) is 0 Å². The van der Waals surface area contributed by atoms with Gasteiger partial charge in [0.2, 0.25) is 5.82 Å². The van der Waals surface area contributed by atoms with Gasteiger partial charge in [0.25, 0.3) is 11.8 Å². The molecule has 0 atom stereocenters. The minimum absolute atomic E-state index is 0.120. The Balaban J connectivity index is 1.67. The van der Waals surface area contributed by atoms with Crippen LogP contribution in [0.25, 0.3) is 5.52 Å². The minimum atomic E-state index is -0.449. The van der Waals surface area contributed by atoms with E-state index >= 15 is 0 Å². The fourth-order valence-corrected chi connectivity index (χ4v) is 2.93. The van der Waals surface area contributed by atoms with Crippen molar-refractivity contribution in [2.45, 2.75) is 18.9 Å². The third kappa shape index (κ3) is 3.36. The van der Waals surface area contributed by atoms with Gasteiger partial charge in [-0.2, -0.15) is 0 Å². The average molecular weight is 380 g/mol. The fraction of sp³-hybridized carbons (Fsp3) is 0.250. The third-order valence-corrected chi connectivity index (χ3v) is 4.54. The number of nitrogens with zero attached hydrogens (tertiary/aromatic N) is 2. The van der Waals surface area contributed by atoms with Crippen LogP contribution in [0.4, 0.5) is 5.69 Å². The first-order valence-corrected chi connectivity index (χ1v) is 8.92. The van der Waals surface area contributed by atoms with Gasteiger partial charge in [0.1, 0.15) is 11.5 Å². The number of fused-ring (bicyclic) bond motifs is 1. The molecule has 144 valence electrons. The highest BCUT2D eigenvalue weighted by Gasteiger charge is 2.27. The first kappa shape index (κ1) is 17.8. The zero-order valence-electron chi connectivity index (χ0n) is 15.6. The van der Waals surface area contributed by atoms with Crippen molar-refractivity contribution in [1.29, 1.82) is 0 Å². The van der Waals surface area contributed by atoms with Gasteiger partial charge in [0.15, 0.2) is 5.69 Å². The molecule has 2 N–H and O–H groups in total. The number of anilines is 1. The summed E-state index contributed by atoms with van der Waals surface area (Å²) in [6, 6.07) is 10.6. The maximum Gasteiger partial charge on any atom is 0.292 e. The van der Waals surface area contributed by atoms with Gasteiger partial charge in [-0.05, 0) is 37.1 Å². The summed E-state index contributed by atoms with van der Waals surface area (Å²) in [5, 5.41) is 5.71. The van der Waals surface area contributed by atoms with Crippen molar-refractivity contribution in [1.82, 2.24) is 14.7 Å². The van der Waals surface area contributed by atoms with Gasteiger partial charge in [0, 0.05) is 18.3 Å². The van der Waals surface area contributed by atoms with Gasteiger partial charge in [0.05, 0.1) is 25.4 Å². The number of imidazole rings is 1. The van der Waals surface area contributed by atoms with Crippen LogP contribution in [0, 0.1) is 0 Å². The summed E-state index contributed by atoms with van der Waals surface area (Å²) >= 11 is 0. The molecule has 4 rings (SSSR count). The molecule has 28 heavy (non-hydrogen) atoms. The van der Waals surface area contributed by atoms with Crippen molar-refractivity contribution in [3.8, 4) is 11.5 Å². The predicted octanol–water partition coefficient (Wildman–Crippen LogP) is 2.50. The van der Waals surface area contributed by atoms with Crippen LogP contribution in [-0.2, 0) is 0 Å². The monoisotopic (exact) mass is 380 g/mol. The summed E-state index contributed by atoms with van der Waals surface area (Å²) < 4.78 is 12.1. The lowest BCUT2D eigenvalue weighted by molar-refractivity contribution is 0.0948. The second-order valence-corrected chi connectivity index (χ2v) is 6.51. The van der Waals surface area contributed by atoms with E-state index in [0.29, 0.717) is 22.7 Å². The van der Waals surface area contributed by atoms with Crippen LogP contribution in [-0.4, -0.2) is 41.5 Å². The number of pyridine rings is 1. The second-order valence-electron chi connectivity index (χ2n) is 6.51. The predicted molar refractivity (Wildman–Crippen MR) is 103 cm³/mol. The highest BCUT2D eigenvalue weighted by atomic mass is 16.5. The smallest absolute Gasteiger partial charge is 0.292 e. The van der Waals surface area contributed by atoms with E-state index in [1.165, 1.54) is 7.11 Å². The zero-order chi connectivity index (χ0) is 19.7. The molecule has 0 bridgehead atoms. The number of ether oxygens (including phenoxy) is 2. The first-order valence-electron chi connectivity index (χ1n) is 8.92. The normalized spacial score (nSPS) is 13.2. The summed E-state index contributed by atoms with van der Waals surface area (Å²) in [5.41, 5.74) is 1.29. The molecule has 0 spiro atoms. The summed E-state index contributed by atoms with van der Waals surface area (Å²) in [5.74, 6) is 0.470. The van der Waals surface area contributed by atoms with Crippen molar-refractivity contribution in [2.24, 2.45) is 0 Å². The van der Waals surface area contributed by atoms with E-state index < -0.39 is 5.91 Å². The number of methoxy groups -OCH3 is 2. The molecule has 0 aliphatic heterocycles. The van der Waals surface area contributed by atoms with E-state index in [1.807, 2.05) is 0 Å². The fourth-order valence-electron chi connectivity index (χ4n) is 2.93. The van der Waals surface area contributed by atoms with E-state index in [9.17, 15) is 9.59 Å². The number of hydrogen-bond donors (Lipinski definition) is 2. The number of nitrogens with one attached hydrogen (secondary N) is 2. The van der Waals surface area contributed by atoms with E-state index in [2.05, 4.69) is 15.6 Å². The Kier molecular flexibility index (Phi) is 4.60. The molecule has 1 aliphatic rings. The number of carbonyl (C=O) groups is 2. The summed E-state index contributed by atoms with van der Waals surface area (Å²) in [4.78, 5) is 29.8. The van der Waals surface area contributed by atoms with Crippen LogP contribution in [0.1, 0.15) is 33.9 Å². The maximum absolute atomic E-state index is 12.9. The highest BCUT2D eigenvalue weighted by Crippen LogP contribution is 2.29. The molecular formula is C20H20N4O4. The molecule has 1 fully saturated rings. The van der Waals surface area contributed by atoms with Crippen molar-refractivity contribution in [3.05, 3.63) is 54.1 Å². The lowest BCUT2D eigenvalue weighted by Gasteiger charge is -2.11. The molecule has 8 nitrogen and oxygen atoms in total. The lowest BCUT2D eigenvalue weighted by atomic mass is 10.2. The SMILES string of the molecule is COc1ccc(NC(=O)c2nc(C(=O)NC3CC3)c3ccccn23)c(OC)c1. The van der Waals surface area contributed by atoms with Gasteiger partial charge in [-0.25, -0.2) is 4.98 Å². The number of amides is 2. The quantitative estimate of drug-likeness (QED) is 0.685. The molecule has 3 aromatic rings. The molecule has 0 unspecified atom stereocenters. The van der Waals surface area contributed by atoms with Crippen LogP contribution >= 0.6 is 0 Å². The Labute approximate surface area is 161 Å². The second kappa shape index (κ2) is 7.22. The van der Waals surface area contributed by atoms with E-state index in [4.69, 9.17) is 9.47 Å². The summed E-state index contributed by atoms with van der Waals surface area (Å²) in [6.07, 6.45) is 3.65. The van der Waals surface area contributed by atoms with Crippen LogP contribution in [0.2, 0.25) is 0 Å². The molecule has 2 amide bonds. The van der Waals surface area contributed by atoms with E-state index in [-0.39, 0.29) is 23.5 Å². The van der Waals surface area contributed by atoms with Crippen LogP contribution < -0.4 is 20.1 Å². The molecule has 0 radical (unpaired) electrons. The molecular weight excluding hydrogens is 360 g/mol. The Morgan fingerprint density at radius 1 is 1.11 bits per heavy atom. The highest BCUT2D eigenvalue weighted by molar-refractivity contribution is 6.06. The Hall–Kier alpha value is -3.55. The molecule has 0 saturated heterocycles. The maximum atomic E-state index is 12.9. The Bertz CT molecular complexity index is 1060. The summed E-state index contributed by atoms with van der Waals surface area (Å²) in [6.45, 7) is 0. The first-order chi connectivity index (χ1) is 13.6. The van der Waals surface area contributed by atoms with Crippen molar-refractivity contribution in [3.63, 3.8) is 0 Å². The van der Waals surface area contributed by atoms with Gasteiger partial charge < -0.3 is 20.1 Å². The van der Waals surface area contributed by atoms with Crippen molar-refractivity contribution >= 4 is 23.0 Å². The van der Waals surface area contributed by atoms with Gasteiger partial charge in [-0.1, -0.05) is 6.07 Å². The molecule has 2 aromatic heterocycles.